The van der Waals surface area contributed by atoms with Crippen LogP contribution in [0.1, 0.15) is 33.3 Å². The zero-order valence-electron chi connectivity index (χ0n) is 13.8. The molecule has 1 atom stereocenters. The number of hydrogen-bond donors (Lipinski definition) is 0. The molecular formula is C20H16FNO3. The summed E-state index contributed by atoms with van der Waals surface area (Å²) in [7, 11) is 0. The van der Waals surface area contributed by atoms with E-state index in [0.717, 1.165) is 0 Å². The molecule has 0 aliphatic heterocycles. The van der Waals surface area contributed by atoms with Gasteiger partial charge < -0.3 is 4.74 Å². The maximum absolute atomic E-state index is 13.0. The average molecular weight is 337 g/mol. The zero-order chi connectivity index (χ0) is 18.0. The van der Waals surface area contributed by atoms with E-state index in [4.69, 9.17) is 4.74 Å². The minimum absolute atomic E-state index is 0.289. The number of hydrogen-bond acceptors (Lipinski definition) is 4. The van der Waals surface area contributed by atoms with E-state index >= 15 is 0 Å². The van der Waals surface area contributed by atoms with Crippen LogP contribution in [0.4, 0.5) is 4.39 Å². The molecule has 0 saturated carbocycles. The molecule has 5 heteroatoms. The summed E-state index contributed by atoms with van der Waals surface area (Å²) in [5.74, 6) is -1.41. The Morgan fingerprint density at radius 2 is 1.76 bits per heavy atom. The number of rotatable bonds is 4. The van der Waals surface area contributed by atoms with E-state index < -0.39 is 17.9 Å². The number of carbonyl (C=O) groups excluding carboxylic acids is 2. The first kappa shape index (κ1) is 16.8. The van der Waals surface area contributed by atoms with Gasteiger partial charge >= 0.3 is 5.97 Å². The number of carbonyl (C=O) groups is 2. The van der Waals surface area contributed by atoms with Crippen molar-refractivity contribution in [1.29, 1.82) is 0 Å². The largest absolute Gasteiger partial charge is 0.451 e. The summed E-state index contributed by atoms with van der Waals surface area (Å²) in [5, 5.41) is 0.666. The number of para-hydroxylation sites is 1. The second-order valence-corrected chi connectivity index (χ2v) is 5.75. The second-order valence-electron chi connectivity index (χ2n) is 5.75. The van der Waals surface area contributed by atoms with Gasteiger partial charge in [0.2, 0.25) is 5.78 Å². The molecule has 3 aromatic rings. The Labute approximate surface area is 144 Å². The number of nitrogens with zero attached hydrogens (tertiary/aromatic N) is 1. The molecule has 0 saturated heterocycles. The van der Waals surface area contributed by atoms with E-state index in [1.165, 1.54) is 31.2 Å². The number of ether oxygens (including phenoxy) is 1. The molecule has 3 rings (SSSR count). The Hall–Kier alpha value is -3.08. The molecule has 4 nitrogen and oxygen atoms in total. The van der Waals surface area contributed by atoms with Crippen LogP contribution in [0, 0.1) is 12.7 Å². The number of Topliss-reactive ketones (excluding diaryl/α,β-unsaturated/α-hetero) is 1. The zero-order valence-corrected chi connectivity index (χ0v) is 13.8. The fourth-order valence-corrected chi connectivity index (χ4v) is 2.60. The molecule has 0 amide bonds. The standard InChI is InChI=1S/C20H16FNO3/c1-12-11-17(16-5-3-4-6-18(16)22-12)20(24)25-13(2)19(23)14-7-9-15(21)10-8-14/h3-11,13H,1-2H3. The van der Waals surface area contributed by atoms with Crippen LogP contribution in [0.2, 0.25) is 0 Å². The first-order chi connectivity index (χ1) is 12.0. The SMILES string of the molecule is Cc1cc(C(=O)OC(C)C(=O)c2ccc(F)cc2)c2ccccc2n1. The Morgan fingerprint density at radius 1 is 1.08 bits per heavy atom. The van der Waals surface area contributed by atoms with Gasteiger partial charge in [0.15, 0.2) is 6.10 Å². The van der Waals surface area contributed by atoms with E-state index in [9.17, 15) is 14.0 Å². The van der Waals surface area contributed by atoms with Gasteiger partial charge in [-0.15, -0.1) is 0 Å². The first-order valence-corrected chi connectivity index (χ1v) is 7.83. The van der Waals surface area contributed by atoms with Crippen LogP contribution in [-0.4, -0.2) is 22.8 Å². The van der Waals surface area contributed by atoms with E-state index in [1.54, 1.807) is 19.1 Å². The summed E-state index contributed by atoms with van der Waals surface area (Å²) < 4.78 is 18.3. The van der Waals surface area contributed by atoms with Gasteiger partial charge in [0.05, 0.1) is 11.1 Å². The highest BCUT2D eigenvalue weighted by Crippen LogP contribution is 2.20. The minimum atomic E-state index is -0.981. The van der Waals surface area contributed by atoms with Crippen LogP contribution in [0.25, 0.3) is 10.9 Å². The number of aromatic nitrogens is 1. The van der Waals surface area contributed by atoms with Gasteiger partial charge in [-0.1, -0.05) is 18.2 Å². The van der Waals surface area contributed by atoms with Crippen molar-refractivity contribution in [3.05, 3.63) is 77.2 Å². The van der Waals surface area contributed by atoms with Gasteiger partial charge in [0, 0.05) is 16.6 Å². The average Bonchev–Trinajstić information content (AvgIpc) is 2.60. The maximum atomic E-state index is 13.0. The number of halogens is 1. The summed E-state index contributed by atoms with van der Waals surface area (Å²) in [6, 6.07) is 14.0. The summed E-state index contributed by atoms with van der Waals surface area (Å²) in [6.07, 6.45) is -0.981. The normalized spacial score (nSPS) is 12.0. The number of ketones is 1. The Balaban J connectivity index is 1.85. The van der Waals surface area contributed by atoms with Gasteiger partial charge in [0.1, 0.15) is 5.82 Å². The highest BCUT2D eigenvalue weighted by atomic mass is 19.1. The van der Waals surface area contributed by atoms with Gasteiger partial charge in [-0.3, -0.25) is 9.78 Å². The first-order valence-electron chi connectivity index (χ1n) is 7.83. The number of aryl methyl sites for hydroxylation is 1. The Kier molecular flexibility index (Phi) is 4.57. The molecule has 0 bridgehead atoms. The van der Waals surface area contributed by atoms with E-state index in [1.807, 2.05) is 18.2 Å². The monoisotopic (exact) mass is 337 g/mol. The molecular weight excluding hydrogens is 321 g/mol. The molecule has 0 radical (unpaired) electrons. The number of pyridine rings is 1. The van der Waals surface area contributed by atoms with Crippen LogP contribution in [0.15, 0.2) is 54.6 Å². The third-order valence-corrected chi connectivity index (χ3v) is 3.85. The molecule has 126 valence electrons. The quantitative estimate of drug-likeness (QED) is 0.531. The van der Waals surface area contributed by atoms with Gasteiger partial charge in [-0.2, -0.15) is 0 Å². The predicted octanol–water partition coefficient (Wildman–Crippen LogP) is 4.11. The fraction of sp³-hybridized carbons (Fsp3) is 0.150. The van der Waals surface area contributed by atoms with Crippen molar-refractivity contribution in [1.82, 2.24) is 4.98 Å². The van der Waals surface area contributed by atoms with Gasteiger partial charge in [-0.25, -0.2) is 9.18 Å². The fourth-order valence-electron chi connectivity index (χ4n) is 2.60. The number of esters is 1. The van der Waals surface area contributed by atoms with Gasteiger partial charge in [-0.05, 0) is 50.2 Å². The lowest BCUT2D eigenvalue weighted by atomic mass is 10.1. The van der Waals surface area contributed by atoms with Crippen LogP contribution in [0.3, 0.4) is 0 Å². The molecule has 0 fully saturated rings. The molecule has 25 heavy (non-hydrogen) atoms. The molecule has 2 aromatic carbocycles. The van der Waals surface area contributed by atoms with Crippen molar-refractivity contribution in [3.63, 3.8) is 0 Å². The van der Waals surface area contributed by atoms with Crippen molar-refractivity contribution in [3.8, 4) is 0 Å². The summed E-state index contributed by atoms with van der Waals surface area (Å²) in [5.41, 5.74) is 2.02. The van der Waals surface area contributed by atoms with Crippen LogP contribution < -0.4 is 0 Å². The van der Waals surface area contributed by atoms with E-state index in [-0.39, 0.29) is 11.3 Å². The second kappa shape index (κ2) is 6.81. The summed E-state index contributed by atoms with van der Waals surface area (Å²) in [6.45, 7) is 3.29. The number of fused-ring (bicyclic) bond motifs is 1. The van der Waals surface area contributed by atoms with Crippen molar-refractivity contribution in [2.75, 3.05) is 0 Å². The van der Waals surface area contributed by atoms with Crippen LogP contribution >= 0.6 is 0 Å². The molecule has 1 aromatic heterocycles. The third-order valence-electron chi connectivity index (χ3n) is 3.85. The van der Waals surface area contributed by atoms with E-state index in [0.29, 0.717) is 22.2 Å². The topological polar surface area (TPSA) is 56.3 Å². The van der Waals surface area contributed by atoms with E-state index in [2.05, 4.69) is 4.98 Å². The van der Waals surface area contributed by atoms with Crippen molar-refractivity contribution >= 4 is 22.7 Å². The highest BCUT2D eigenvalue weighted by Gasteiger charge is 2.22. The molecule has 1 unspecified atom stereocenters. The predicted molar refractivity (Wildman–Crippen MR) is 92.1 cm³/mol. The molecule has 0 N–H and O–H groups in total. The molecule has 0 aliphatic carbocycles. The van der Waals surface area contributed by atoms with Crippen LogP contribution in [0.5, 0.6) is 0 Å². The summed E-state index contributed by atoms with van der Waals surface area (Å²) in [4.78, 5) is 29.3. The lowest BCUT2D eigenvalue weighted by Gasteiger charge is -2.14. The Morgan fingerprint density at radius 3 is 2.48 bits per heavy atom. The lowest BCUT2D eigenvalue weighted by Crippen LogP contribution is -2.24. The molecule has 0 spiro atoms. The molecule has 1 heterocycles. The third kappa shape index (κ3) is 3.55. The van der Waals surface area contributed by atoms with Gasteiger partial charge in [0.25, 0.3) is 0 Å². The minimum Gasteiger partial charge on any atom is -0.451 e. The van der Waals surface area contributed by atoms with Crippen LogP contribution in [-0.2, 0) is 4.74 Å². The Bertz CT molecular complexity index is 951. The van der Waals surface area contributed by atoms with Crippen molar-refractivity contribution in [2.24, 2.45) is 0 Å². The highest BCUT2D eigenvalue weighted by molar-refractivity contribution is 6.06. The maximum Gasteiger partial charge on any atom is 0.339 e. The van der Waals surface area contributed by atoms with Crippen molar-refractivity contribution in [2.45, 2.75) is 20.0 Å². The lowest BCUT2D eigenvalue weighted by molar-refractivity contribution is 0.0320. The summed E-state index contributed by atoms with van der Waals surface area (Å²) >= 11 is 0. The number of benzene rings is 2. The smallest absolute Gasteiger partial charge is 0.339 e. The molecule has 0 aliphatic rings. The van der Waals surface area contributed by atoms with Crippen molar-refractivity contribution < 1.29 is 18.7 Å².